The number of allylic oxidation sites excluding steroid dienone is 26. The van der Waals surface area contributed by atoms with Gasteiger partial charge < -0.3 is 14.2 Å². The van der Waals surface area contributed by atoms with Crippen molar-refractivity contribution in [2.24, 2.45) is 0 Å². The summed E-state index contributed by atoms with van der Waals surface area (Å²) in [5.41, 5.74) is 0. The molecular formula is C65H100O6. The Morgan fingerprint density at radius 3 is 0.915 bits per heavy atom. The summed E-state index contributed by atoms with van der Waals surface area (Å²) < 4.78 is 16.7. The molecule has 0 rings (SSSR count). The van der Waals surface area contributed by atoms with Gasteiger partial charge in [-0.2, -0.15) is 0 Å². The van der Waals surface area contributed by atoms with Gasteiger partial charge in [-0.05, 0) is 122 Å². The minimum Gasteiger partial charge on any atom is -0.462 e. The van der Waals surface area contributed by atoms with E-state index in [0.29, 0.717) is 12.8 Å². The van der Waals surface area contributed by atoms with Crippen LogP contribution in [-0.4, -0.2) is 37.2 Å². The Morgan fingerprint density at radius 2 is 0.577 bits per heavy atom. The number of carbonyl (C=O) groups excluding carboxylic acids is 3. The first kappa shape index (κ1) is 66.0. The highest BCUT2D eigenvalue weighted by atomic mass is 16.6. The van der Waals surface area contributed by atoms with Crippen molar-refractivity contribution in [2.45, 2.75) is 219 Å². The van der Waals surface area contributed by atoms with Gasteiger partial charge in [-0.15, -0.1) is 0 Å². The molecule has 6 nitrogen and oxygen atoms in total. The van der Waals surface area contributed by atoms with Crippen molar-refractivity contribution in [3.63, 3.8) is 0 Å². The molecule has 396 valence electrons. The van der Waals surface area contributed by atoms with E-state index in [4.69, 9.17) is 14.2 Å². The lowest BCUT2D eigenvalue weighted by atomic mass is 10.1. The highest BCUT2D eigenvalue weighted by Gasteiger charge is 2.19. The van der Waals surface area contributed by atoms with Crippen LogP contribution < -0.4 is 0 Å². The molecular weight excluding hydrogens is 877 g/mol. The van der Waals surface area contributed by atoms with Crippen molar-refractivity contribution in [1.29, 1.82) is 0 Å². The van der Waals surface area contributed by atoms with Gasteiger partial charge in [-0.3, -0.25) is 14.4 Å². The lowest BCUT2D eigenvalue weighted by Gasteiger charge is -2.18. The molecule has 6 heteroatoms. The quantitative estimate of drug-likeness (QED) is 0.0262. The second-order valence-electron chi connectivity index (χ2n) is 17.7. The molecule has 0 heterocycles. The number of carbonyl (C=O) groups is 3. The van der Waals surface area contributed by atoms with Gasteiger partial charge in [0.05, 0.1) is 0 Å². The fourth-order valence-electron chi connectivity index (χ4n) is 6.90. The topological polar surface area (TPSA) is 78.9 Å². The molecule has 0 aromatic carbocycles. The van der Waals surface area contributed by atoms with Crippen molar-refractivity contribution in [2.75, 3.05) is 13.2 Å². The van der Waals surface area contributed by atoms with Crippen molar-refractivity contribution in [3.8, 4) is 0 Å². The van der Waals surface area contributed by atoms with Gasteiger partial charge in [0, 0.05) is 19.3 Å². The lowest BCUT2D eigenvalue weighted by Crippen LogP contribution is -2.30. The Kier molecular flexibility index (Phi) is 53.6. The minimum absolute atomic E-state index is 0.152. The maximum atomic E-state index is 12.8. The molecule has 0 aromatic rings. The zero-order chi connectivity index (χ0) is 51.4. The fraction of sp³-hybridized carbons (Fsp3) is 0.554. The standard InChI is InChI=1S/C65H100O6/c1-4-7-10-13-16-19-22-25-28-30-32-34-37-39-42-45-48-51-54-57-63(66)69-60-62(71-65(68)59-56-53-50-47-44-41-36-27-24-21-18-15-12-9-6-3)61-70-64(67)58-55-52-49-46-43-40-38-35-33-31-29-26-23-20-17-14-11-8-5-2/h7-8,10-11,16-17,19-20,25-29,32-36,39-40,42-43,48-49,51-52,62H,4-6,9,12-15,18,21-24,30-31,37-38,41,44-47,50,53-61H2,1-3H3/b10-7-,11-8-,19-16-,20-17-,28-25-,29-26-,34-32-,35-33-,36-27-,42-39-,43-40-,51-48-,52-49-. The van der Waals surface area contributed by atoms with Crippen LogP contribution in [0.3, 0.4) is 0 Å². The van der Waals surface area contributed by atoms with Gasteiger partial charge in [0.2, 0.25) is 0 Å². The first-order valence-corrected chi connectivity index (χ1v) is 28.0. The summed E-state index contributed by atoms with van der Waals surface area (Å²) in [7, 11) is 0. The first-order chi connectivity index (χ1) is 35.0. The summed E-state index contributed by atoms with van der Waals surface area (Å²) in [6.07, 6.45) is 84.0. The third-order valence-electron chi connectivity index (χ3n) is 11.0. The predicted octanol–water partition coefficient (Wildman–Crippen LogP) is 19.0. The Bertz CT molecular complexity index is 1550. The van der Waals surface area contributed by atoms with E-state index < -0.39 is 6.10 Å². The van der Waals surface area contributed by atoms with Gasteiger partial charge in [-0.25, -0.2) is 0 Å². The number of hydrogen-bond acceptors (Lipinski definition) is 6. The van der Waals surface area contributed by atoms with E-state index in [-0.39, 0.29) is 50.4 Å². The van der Waals surface area contributed by atoms with Crippen LogP contribution in [0.4, 0.5) is 0 Å². The molecule has 0 amide bonds. The summed E-state index contributed by atoms with van der Waals surface area (Å²) in [5.74, 6) is -1.13. The molecule has 0 N–H and O–H groups in total. The maximum Gasteiger partial charge on any atom is 0.306 e. The van der Waals surface area contributed by atoms with Crippen LogP contribution in [0.5, 0.6) is 0 Å². The van der Waals surface area contributed by atoms with Crippen molar-refractivity contribution >= 4 is 17.9 Å². The zero-order valence-corrected chi connectivity index (χ0v) is 45.2. The summed E-state index contributed by atoms with van der Waals surface area (Å²) in [5, 5.41) is 0. The Morgan fingerprint density at radius 1 is 0.296 bits per heavy atom. The second-order valence-corrected chi connectivity index (χ2v) is 17.7. The van der Waals surface area contributed by atoms with E-state index in [0.717, 1.165) is 116 Å². The summed E-state index contributed by atoms with van der Waals surface area (Å²) in [4.78, 5) is 38.1. The second kappa shape index (κ2) is 57.6. The first-order valence-electron chi connectivity index (χ1n) is 28.0. The summed E-state index contributed by atoms with van der Waals surface area (Å²) in [6.45, 7) is 6.25. The number of unbranched alkanes of at least 4 members (excludes halogenated alkanes) is 11. The number of ether oxygens (including phenoxy) is 3. The average Bonchev–Trinajstić information content (AvgIpc) is 3.37. The van der Waals surface area contributed by atoms with Crippen LogP contribution in [0.25, 0.3) is 0 Å². The van der Waals surface area contributed by atoms with Crippen LogP contribution in [0.15, 0.2) is 158 Å². The third-order valence-corrected chi connectivity index (χ3v) is 11.0. The van der Waals surface area contributed by atoms with Crippen LogP contribution in [-0.2, 0) is 28.6 Å². The van der Waals surface area contributed by atoms with Gasteiger partial charge in [0.1, 0.15) is 13.2 Å². The number of hydrogen-bond donors (Lipinski definition) is 0. The highest BCUT2D eigenvalue weighted by Crippen LogP contribution is 2.12. The Labute approximate surface area is 435 Å². The molecule has 0 aromatic heterocycles. The van der Waals surface area contributed by atoms with Gasteiger partial charge in [0.25, 0.3) is 0 Å². The van der Waals surface area contributed by atoms with E-state index in [1.807, 2.05) is 24.3 Å². The largest absolute Gasteiger partial charge is 0.462 e. The molecule has 0 saturated carbocycles. The van der Waals surface area contributed by atoms with E-state index in [2.05, 4.69) is 154 Å². The summed E-state index contributed by atoms with van der Waals surface area (Å²) >= 11 is 0. The molecule has 0 radical (unpaired) electrons. The number of esters is 3. The molecule has 0 saturated heterocycles. The molecule has 0 unspecified atom stereocenters. The third kappa shape index (κ3) is 55.8. The Balaban J connectivity index is 4.65. The molecule has 0 aliphatic carbocycles. The molecule has 0 spiro atoms. The van der Waals surface area contributed by atoms with E-state index in [9.17, 15) is 14.4 Å². The van der Waals surface area contributed by atoms with Crippen molar-refractivity contribution in [1.82, 2.24) is 0 Å². The monoisotopic (exact) mass is 977 g/mol. The maximum absolute atomic E-state index is 12.8. The van der Waals surface area contributed by atoms with Crippen molar-refractivity contribution < 1.29 is 28.6 Å². The SMILES string of the molecule is CC/C=C\C/C=C\C/C=C\C/C=C\C/C=C\C/C=C\CCC(=O)OCC(COC(=O)CC/C=C\C/C=C\C/C=C\C/C=C\C/C=C\C/C=C\CC)OC(=O)CCCCCCC/C=C\CCCCCCCC. The van der Waals surface area contributed by atoms with Crippen molar-refractivity contribution in [3.05, 3.63) is 158 Å². The van der Waals surface area contributed by atoms with Gasteiger partial charge >= 0.3 is 17.9 Å². The van der Waals surface area contributed by atoms with E-state index in [1.165, 1.54) is 44.9 Å². The van der Waals surface area contributed by atoms with Gasteiger partial charge in [0.15, 0.2) is 6.10 Å². The molecule has 71 heavy (non-hydrogen) atoms. The fourth-order valence-corrected chi connectivity index (χ4v) is 6.90. The predicted molar refractivity (Wildman–Crippen MR) is 306 cm³/mol. The Hall–Kier alpha value is -4.97. The molecule has 0 bridgehead atoms. The van der Waals surface area contributed by atoms with Crippen LogP contribution >= 0.6 is 0 Å². The molecule has 0 fully saturated rings. The summed E-state index contributed by atoms with van der Waals surface area (Å²) in [6, 6.07) is 0. The van der Waals surface area contributed by atoms with Crippen LogP contribution in [0, 0.1) is 0 Å². The lowest BCUT2D eigenvalue weighted by molar-refractivity contribution is -0.166. The average molecular weight is 978 g/mol. The highest BCUT2D eigenvalue weighted by molar-refractivity contribution is 5.71. The molecule has 0 aliphatic heterocycles. The smallest absolute Gasteiger partial charge is 0.306 e. The zero-order valence-electron chi connectivity index (χ0n) is 45.2. The minimum atomic E-state index is -0.852. The van der Waals surface area contributed by atoms with E-state index >= 15 is 0 Å². The number of rotatable bonds is 48. The van der Waals surface area contributed by atoms with Crippen LogP contribution in [0.1, 0.15) is 213 Å². The van der Waals surface area contributed by atoms with Gasteiger partial charge in [-0.1, -0.05) is 230 Å². The van der Waals surface area contributed by atoms with E-state index in [1.54, 1.807) is 0 Å². The normalized spacial score (nSPS) is 13.0. The molecule has 0 aliphatic rings. The van der Waals surface area contributed by atoms with Crippen LogP contribution in [0.2, 0.25) is 0 Å². The molecule has 0 atom stereocenters.